The van der Waals surface area contributed by atoms with E-state index in [2.05, 4.69) is 20.0 Å². The first-order valence-corrected chi connectivity index (χ1v) is 10.6. The number of sulfonamides is 1. The molecular formula is C16H14N4O2S3. The molecule has 0 amide bonds. The average Bonchev–Trinajstić information content (AvgIpc) is 3.33. The van der Waals surface area contributed by atoms with Crippen LogP contribution in [0.3, 0.4) is 0 Å². The minimum Gasteiger partial charge on any atom is -0.365 e. The number of aromatic amines is 1. The minimum absolute atomic E-state index is 0.287. The number of benzene rings is 1. The molecule has 3 heterocycles. The predicted octanol–water partition coefficient (Wildman–Crippen LogP) is 4.20. The predicted molar refractivity (Wildman–Crippen MR) is 104 cm³/mol. The summed E-state index contributed by atoms with van der Waals surface area (Å²) in [6.07, 6.45) is 0. The molecule has 4 rings (SSSR count). The lowest BCUT2D eigenvalue weighted by molar-refractivity contribution is 0.603. The Hall–Kier alpha value is -2.36. The SMILES string of the molecule is CNc1nc(-c2cc3cccc(NS(=O)(=O)c4cccs4)c3[nH]2)cs1. The van der Waals surface area contributed by atoms with Crippen LogP contribution in [0.4, 0.5) is 10.8 Å². The van der Waals surface area contributed by atoms with Gasteiger partial charge in [-0.2, -0.15) is 0 Å². The number of fused-ring (bicyclic) bond motifs is 1. The molecule has 0 spiro atoms. The number of para-hydroxylation sites is 1. The van der Waals surface area contributed by atoms with E-state index >= 15 is 0 Å². The highest BCUT2D eigenvalue weighted by Gasteiger charge is 2.17. The van der Waals surface area contributed by atoms with Crippen molar-refractivity contribution in [2.75, 3.05) is 17.1 Å². The number of hydrogen-bond acceptors (Lipinski definition) is 6. The number of rotatable bonds is 5. The average molecular weight is 391 g/mol. The molecule has 0 radical (unpaired) electrons. The zero-order chi connectivity index (χ0) is 17.4. The Balaban J connectivity index is 1.75. The number of thiazole rings is 1. The van der Waals surface area contributed by atoms with Gasteiger partial charge in [0.1, 0.15) is 4.21 Å². The van der Waals surface area contributed by atoms with E-state index in [0.29, 0.717) is 5.69 Å². The van der Waals surface area contributed by atoms with Gasteiger partial charge in [0.25, 0.3) is 10.0 Å². The van der Waals surface area contributed by atoms with Gasteiger partial charge in [0.15, 0.2) is 5.13 Å². The summed E-state index contributed by atoms with van der Waals surface area (Å²) in [6, 6.07) is 10.8. The van der Waals surface area contributed by atoms with Crippen molar-refractivity contribution < 1.29 is 8.42 Å². The van der Waals surface area contributed by atoms with Gasteiger partial charge in [0, 0.05) is 17.8 Å². The second-order valence-electron chi connectivity index (χ2n) is 5.28. The Morgan fingerprint density at radius 3 is 2.76 bits per heavy atom. The topological polar surface area (TPSA) is 86.9 Å². The maximum absolute atomic E-state index is 12.5. The molecule has 4 aromatic rings. The molecule has 25 heavy (non-hydrogen) atoms. The van der Waals surface area contributed by atoms with E-state index in [9.17, 15) is 8.42 Å². The third-order valence-electron chi connectivity index (χ3n) is 3.65. The zero-order valence-electron chi connectivity index (χ0n) is 13.1. The largest absolute Gasteiger partial charge is 0.365 e. The Labute approximate surface area is 152 Å². The quantitative estimate of drug-likeness (QED) is 0.477. The van der Waals surface area contributed by atoms with Crippen LogP contribution >= 0.6 is 22.7 Å². The van der Waals surface area contributed by atoms with Gasteiger partial charge in [-0.05, 0) is 23.6 Å². The van der Waals surface area contributed by atoms with Gasteiger partial charge < -0.3 is 10.3 Å². The van der Waals surface area contributed by atoms with Crippen LogP contribution in [0, 0.1) is 0 Å². The van der Waals surface area contributed by atoms with Crippen LogP contribution in [0.1, 0.15) is 0 Å². The van der Waals surface area contributed by atoms with Gasteiger partial charge in [-0.15, -0.1) is 22.7 Å². The second-order valence-corrected chi connectivity index (χ2v) is 8.99. The molecule has 1 aromatic carbocycles. The summed E-state index contributed by atoms with van der Waals surface area (Å²) in [5, 5.41) is 8.45. The van der Waals surface area contributed by atoms with Gasteiger partial charge in [0.2, 0.25) is 0 Å². The Morgan fingerprint density at radius 2 is 2.04 bits per heavy atom. The summed E-state index contributed by atoms with van der Waals surface area (Å²) in [5.41, 5.74) is 2.91. The van der Waals surface area contributed by atoms with Crippen molar-refractivity contribution in [3.8, 4) is 11.4 Å². The normalized spacial score (nSPS) is 11.7. The summed E-state index contributed by atoms with van der Waals surface area (Å²) in [6.45, 7) is 0. The van der Waals surface area contributed by atoms with Gasteiger partial charge >= 0.3 is 0 Å². The molecule has 0 saturated heterocycles. The van der Waals surface area contributed by atoms with E-state index in [1.807, 2.05) is 30.6 Å². The van der Waals surface area contributed by atoms with E-state index in [1.165, 1.54) is 22.7 Å². The summed E-state index contributed by atoms with van der Waals surface area (Å²) in [4.78, 5) is 7.76. The molecule has 0 fully saturated rings. The first-order valence-electron chi connectivity index (χ1n) is 7.38. The molecule has 9 heteroatoms. The Kier molecular flexibility index (Phi) is 3.98. The van der Waals surface area contributed by atoms with Crippen LogP contribution in [0.25, 0.3) is 22.3 Å². The smallest absolute Gasteiger partial charge is 0.271 e. The Morgan fingerprint density at radius 1 is 1.16 bits per heavy atom. The van der Waals surface area contributed by atoms with Gasteiger partial charge in [0.05, 0.1) is 22.6 Å². The number of anilines is 2. The fourth-order valence-corrected chi connectivity index (χ4v) is 5.24. The van der Waals surface area contributed by atoms with Crippen molar-refractivity contribution >= 4 is 54.4 Å². The first kappa shape index (κ1) is 16.1. The summed E-state index contributed by atoms with van der Waals surface area (Å²) in [5.74, 6) is 0. The second kappa shape index (κ2) is 6.17. The number of hydrogen-bond donors (Lipinski definition) is 3. The number of thiophene rings is 1. The minimum atomic E-state index is -3.59. The molecule has 3 aromatic heterocycles. The van der Waals surface area contributed by atoms with E-state index in [4.69, 9.17) is 0 Å². The van der Waals surface area contributed by atoms with Crippen LogP contribution in [-0.4, -0.2) is 25.4 Å². The lowest BCUT2D eigenvalue weighted by Gasteiger charge is -2.07. The lowest BCUT2D eigenvalue weighted by atomic mass is 10.2. The molecule has 0 saturated carbocycles. The number of nitrogens with one attached hydrogen (secondary N) is 3. The van der Waals surface area contributed by atoms with E-state index < -0.39 is 10.0 Å². The fraction of sp³-hybridized carbons (Fsp3) is 0.0625. The molecule has 0 aliphatic heterocycles. The van der Waals surface area contributed by atoms with Gasteiger partial charge in [-0.1, -0.05) is 18.2 Å². The van der Waals surface area contributed by atoms with E-state index in [-0.39, 0.29) is 4.21 Å². The van der Waals surface area contributed by atoms with Crippen LogP contribution in [-0.2, 0) is 10.0 Å². The molecule has 3 N–H and O–H groups in total. The molecular weight excluding hydrogens is 376 g/mol. The summed E-state index contributed by atoms with van der Waals surface area (Å²) < 4.78 is 27.9. The molecule has 6 nitrogen and oxygen atoms in total. The van der Waals surface area contributed by atoms with Crippen molar-refractivity contribution in [1.82, 2.24) is 9.97 Å². The third-order valence-corrected chi connectivity index (χ3v) is 7.28. The Bertz CT molecular complexity index is 1130. The fourth-order valence-electron chi connectivity index (χ4n) is 2.50. The van der Waals surface area contributed by atoms with Crippen molar-refractivity contribution in [2.45, 2.75) is 4.21 Å². The van der Waals surface area contributed by atoms with Crippen LogP contribution < -0.4 is 10.0 Å². The number of aromatic nitrogens is 2. The van der Waals surface area contributed by atoms with Gasteiger partial charge in [-0.25, -0.2) is 13.4 Å². The molecule has 128 valence electrons. The van der Waals surface area contributed by atoms with Crippen molar-refractivity contribution in [3.05, 3.63) is 47.2 Å². The van der Waals surface area contributed by atoms with Crippen LogP contribution in [0.2, 0.25) is 0 Å². The standard InChI is InChI=1S/C16H14N4O2S3/c1-17-16-19-13(9-24-16)12-8-10-4-2-5-11(15(10)18-12)20-25(21,22)14-6-3-7-23-14/h2-9,18,20H,1H3,(H,17,19). The molecule has 0 bridgehead atoms. The van der Waals surface area contributed by atoms with E-state index in [0.717, 1.165) is 27.4 Å². The van der Waals surface area contributed by atoms with Crippen LogP contribution in [0.5, 0.6) is 0 Å². The lowest BCUT2D eigenvalue weighted by Crippen LogP contribution is -2.11. The van der Waals surface area contributed by atoms with Crippen molar-refractivity contribution in [1.29, 1.82) is 0 Å². The van der Waals surface area contributed by atoms with Crippen molar-refractivity contribution in [3.63, 3.8) is 0 Å². The highest BCUT2D eigenvalue weighted by atomic mass is 32.2. The molecule has 0 aliphatic rings. The van der Waals surface area contributed by atoms with Gasteiger partial charge in [-0.3, -0.25) is 4.72 Å². The third kappa shape index (κ3) is 3.01. The zero-order valence-corrected chi connectivity index (χ0v) is 15.6. The molecule has 0 unspecified atom stereocenters. The van der Waals surface area contributed by atoms with Crippen molar-refractivity contribution in [2.24, 2.45) is 0 Å². The molecule has 0 aliphatic carbocycles. The number of H-pyrrole nitrogens is 1. The monoisotopic (exact) mass is 390 g/mol. The van der Waals surface area contributed by atoms with Crippen LogP contribution in [0.15, 0.2) is 51.4 Å². The summed E-state index contributed by atoms with van der Waals surface area (Å²) >= 11 is 2.70. The molecule has 0 atom stereocenters. The highest BCUT2D eigenvalue weighted by molar-refractivity contribution is 7.94. The maximum atomic E-state index is 12.5. The van der Waals surface area contributed by atoms with E-state index in [1.54, 1.807) is 23.6 Å². The highest BCUT2D eigenvalue weighted by Crippen LogP contribution is 2.31. The maximum Gasteiger partial charge on any atom is 0.271 e. The summed E-state index contributed by atoms with van der Waals surface area (Å²) in [7, 11) is -1.77. The number of nitrogens with zero attached hydrogens (tertiary/aromatic N) is 1. The first-order chi connectivity index (χ1) is 12.1.